The molecule has 1 aromatic rings. The molecule has 20 heavy (non-hydrogen) atoms. The smallest absolute Gasteiger partial charge is 0.344 e. The summed E-state index contributed by atoms with van der Waals surface area (Å²) in [7, 11) is 1.56. The summed E-state index contributed by atoms with van der Waals surface area (Å²) in [6.07, 6.45) is 0.485. The van der Waals surface area contributed by atoms with E-state index in [2.05, 4.69) is 0 Å². The number of hydrogen-bond donors (Lipinski definition) is 1. The molecule has 5 heteroatoms. The van der Waals surface area contributed by atoms with Crippen LogP contribution in [0.5, 0.6) is 11.5 Å². The van der Waals surface area contributed by atoms with E-state index in [-0.39, 0.29) is 18.8 Å². The second-order valence-corrected chi connectivity index (χ2v) is 4.96. The van der Waals surface area contributed by atoms with Crippen LogP contribution in [0.3, 0.4) is 0 Å². The summed E-state index contributed by atoms with van der Waals surface area (Å²) in [4.78, 5) is 11.5. The van der Waals surface area contributed by atoms with Crippen molar-refractivity contribution in [1.82, 2.24) is 0 Å². The highest BCUT2D eigenvalue weighted by Crippen LogP contribution is 2.31. The summed E-state index contributed by atoms with van der Waals surface area (Å²) in [5.74, 6) is 0.728. The molecule has 0 bridgehead atoms. The third kappa shape index (κ3) is 5.09. The van der Waals surface area contributed by atoms with Crippen molar-refractivity contribution < 1.29 is 19.0 Å². The van der Waals surface area contributed by atoms with E-state index in [0.717, 1.165) is 5.56 Å². The maximum absolute atomic E-state index is 11.5. The first-order valence-electron chi connectivity index (χ1n) is 6.67. The fourth-order valence-corrected chi connectivity index (χ4v) is 1.82. The molecule has 0 radical (unpaired) electrons. The van der Waals surface area contributed by atoms with Gasteiger partial charge in [-0.15, -0.1) is 0 Å². The van der Waals surface area contributed by atoms with Gasteiger partial charge >= 0.3 is 5.97 Å². The Kier molecular flexibility index (Phi) is 6.31. The van der Waals surface area contributed by atoms with E-state index in [1.807, 2.05) is 19.1 Å². The van der Waals surface area contributed by atoms with Gasteiger partial charge in [0.1, 0.15) is 0 Å². The summed E-state index contributed by atoms with van der Waals surface area (Å²) in [5.41, 5.74) is 6.73. The third-order valence-electron chi connectivity index (χ3n) is 2.52. The van der Waals surface area contributed by atoms with E-state index >= 15 is 0 Å². The van der Waals surface area contributed by atoms with Crippen molar-refractivity contribution >= 4 is 5.97 Å². The van der Waals surface area contributed by atoms with Crippen LogP contribution in [0.4, 0.5) is 0 Å². The minimum absolute atomic E-state index is 0.00734. The fourth-order valence-electron chi connectivity index (χ4n) is 1.82. The number of para-hydroxylation sites is 1. The molecule has 0 saturated carbocycles. The summed E-state index contributed by atoms with van der Waals surface area (Å²) in [5, 5.41) is 0. The largest absolute Gasteiger partial charge is 0.493 e. The van der Waals surface area contributed by atoms with E-state index < -0.39 is 5.97 Å². The lowest BCUT2D eigenvalue weighted by Gasteiger charge is -2.16. The average molecular weight is 281 g/mol. The molecule has 0 heterocycles. The number of ether oxygens (including phenoxy) is 3. The second-order valence-electron chi connectivity index (χ2n) is 4.96. The zero-order valence-corrected chi connectivity index (χ0v) is 12.5. The lowest BCUT2D eigenvalue weighted by atomic mass is 10.1. The molecule has 1 unspecified atom stereocenters. The number of hydrogen-bond acceptors (Lipinski definition) is 5. The monoisotopic (exact) mass is 281 g/mol. The van der Waals surface area contributed by atoms with Crippen LogP contribution in [0, 0.1) is 0 Å². The first-order chi connectivity index (χ1) is 9.43. The van der Waals surface area contributed by atoms with Gasteiger partial charge in [-0.2, -0.15) is 0 Å². The number of rotatable bonds is 7. The molecule has 1 atom stereocenters. The van der Waals surface area contributed by atoms with E-state index in [1.165, 1.54) is 0 Å². The molecule has 0 spiro atoms. The normalized spacial score (nSPS) is 12.1. The van der Waals surface area contributed by atoms with Gasteiger partial charge in [-0.1, -0.05) is 12.1 Å². The zero-order valence-electron chi connectivity index (χ0n) is 12.5. The minimum Gasteiger partial charge on any atom is -0.493 e. The van der Waals surface area contributed by atoms with Crippen LogP contribution in [-0.2, 0) is 16.0 Å². The van der Waals surface area contributed by atoms with Crippen molar-refractivity contribution in [1.29, 1.82) is 0 Å². The summed E-state index contributed by atoms with van der Waals surface area (Å²) in [6, 6.07) is 5.56. The van der Waals surface area contributed by atoms with Gasteiger partial charge in [0, 0.05) is 6.04 Å². The molecule has 1 rings (SSSR count). The van der Waals surface area contributed by atoms with E-state index in [9.17, 15) is 4.79 Å². The Morgan fingerprint density at radius 3 is 2.55 bits per heavy atom. The van der Waals surface area contributed by atoms with Gasteiger partial charge < -0.3 is 19.9 Å². The van der Waals surface area contributed by atoms with Crippen molar-refractivity contribution in [3.63, 3.8) is 0 Å². The van der Waals surface area contributed by atoms with E-state index in [1.54, 1.807) is 27.0 Å². The van der Waals surface area contributed by atoms with Crippen LogP contribution in [0.15, 0.2) is 18.2 Å². The van der Waals surface area contributed by atoms with Crippen molar-refractivity contribution in [2.45, 2.75) is 39.3 Å². The lowest BCUT2D eigenvalue weighted by Crippen LogP contribution is -2.21. The summed E-state index contributed by atoms with van der Waals surface area (Å²) >= 11 is 0. The Bertz CT molecular complexity index is 443. The Morgan fingerprint density at radius 2 is 2.00 bits per heavy atom. The Labute approximate surface area is 120 Å². The highest BCUT2D eigenvalue weighted by atomic mass is 16.6. The van der Waals surface area contributed by atoms with Crippen LogP contribution in [0.2, 0.25) is 0 Å². The quantitative estimate of drug-likeness (QED) is 0.773. The van der Waals surface area contributed by atoms with E-state index in [4.69, 9.17) is 19.9 Å². The molecule has 0 aliphatic heterocycles. The first kappa shape index (κ1) is 16.3. The van der Waals surface area contributed by atoms with Gasteiger partial charge in [0.05, 0.1) is 13.2 Å². The number of esters is 1. The van der Waals surface area contributed by atoms with Gasteiger partial charge in [0.2, 0.25) is 0 Å². The first-order valence-corrected chi connectivity index (χ1v) is 6.67. The SMILES string of the molecule is COc1cccc(CC(C)N)c1OCC(=O)OC(C)C. The molecule has 1 aromatic carbocycles. The number of carbonyl (C=O) groups excluding carboxylic acids is 1. The molecule has 0 saturated heterocycles. The Hall–Kier alpha value is -1.75. The molecule has 112 valence electrons. The minimum atomic E-state index is -0.405. The van der Waals surface area contributed by atoms with Crippen LogP contribution in [-0.4, -0.2) is 31.8 Å². The molecule has 5 nitrogen and oxygen atoms in total. The summed E-state index contributed by atoms with van der Waals surface area (Å²) in [6.45, 7) is 5.35. The van der Waals surface area contributed by atoms with Gasteiger partial charge in [-0.05, 0) is 38.8 Å². The van der Waals surface area contributed by atoms with Gasteiger partial charge in [0.25, 0.3) is 0 Å². The second kappa shape index (κ2) is 7.75. The molecule has 0 amide bonds. The molecular weight excluding hydrogens is 258 g/mol. The molecular formula is C15H23NO4. The van der Waals surface area contributed by atoms with Crippen molar-refractivity contribution in [2.24, 2.45) is 5.73 Å². The predicted octanol–water partition coefficient (Wildman–Crippen LogP) is 1.92. The van der Waals surface area contributed by atoms with Gasteiger partial charge in [0.15, 0.2) is 18.1 Å². The predicted molar refractivity (Wildman–Crippen MR) is 77.1 cm³/mol. The van der Waals surface area contributed by atoms with Crippen LogP contribution < -0.4 is 15.2 Å². The van der Waals surface area contributed by atoms with Crippen LogP contribution in [0.1, 0.15) is 26.3 Å². The van der Waals surface area contributed by atoms with Crippen LogP contribution >= 0.6 is 0 Å². The topological polar surface area (TPSA) is 70.8 Å². The number of carbonyl (C=O) groups is 1. The molecule has 0 aromatic heterocycles. The molecule has 2 N–H and O–H groups in total. The Balaban J connectivity index is 2.82. The Morgan fingerprint density at radius 1 is 1.30 bits per heavy atom. The van der Waals surface area contributed by atoms with E-state index in [0.29, 0.717) is 17.9 Å². The van der Waals surface area contributed by atoms with Crippen molar-refractivity contribution in [3.8, 4) is 11.5 Å². The van der Waals surface area contributed by atoms with Crippen molar-refractivity contribution in [2.75, 3.05) is 13.7 Å². The standard InChI is InChI=1S/C15H23NO4/c1-10(2)20-14(17)9-19-15-12(8-11(3)16)6-5-7-13(15)18-4/h5-7,10-11H,8-9,16H2,1-4H3. The zero-order chi connectivity index (χ0) is 15.1. The summed E-state index contributed by atoms with van der Waals surface area (Å²) < 4.78 is 15.9. The number of nitrogens with two attached hydrogens (primary N) is 1. The highest BCUT2D eigenvalue weighted by molar-refractivity contribution is 5.71. The molecule has 0 aliphatic rings. The number of benzene rings is 1. The van der Waals surface area contributed by atoms with Crippen molar-refractivity contribution in [3.05, 3.63) is 23.8 Å². The number of methoxy groups -OCH3 is 1. The van der Waals surface area contributed by atoms with Crippen LogP contribution in [0.25, 0.3) is 0 Å². The average Bonchev–Trinajstić information content (AvgIpc) is 2.35. The fraction of sp³-hybridized carbons (Fsp3) is 0.533. The maximum Gasteiger partial charge on any atom is 0.344 e. The maximum atomic E-state index is 11.5. The van der Waals surface area contributed by atoms with Gasteiger partial charge in [-0.3, -0.25) is 0 Å². The highest BCUT2D eigenvalue weighted by Gasteiger charge is 2.14. The third-order valence-corrected chi connectivity index (χ3v) is 2.52. The molecule has 0 fully saturated rings. The van der Waals surface area contributed by atoms with Gasteiger partial charge in [-0.25, -0.2) is 4.79 Å². The molecule has 0 aliphatic carbocycles. The lowest BCUT2D eigenvalue weighted by molar-refractivity contribution is -0.149.